The number of hydrogen-bond donors (Lipinski definition) is 2. The van der Waals surface area contributed by atoms with E-state index in [1.807, 2.05) is 0 Å². The van der Waals surface area contributed by atoms with Crippen LogP contribution >= 0.6 is 12.2 Å². The van der Waals surface area contributed by atoms with E-state index in [0.717, 1.165) is 0 Å². The van der Waals surface area contributed by atoms with Gasteiger partial charge in [0.05, 0.1) is 17.2 Å². The van der Waals surface area contributed by atoms with Gasteiger partial charge >= 0.3 is 0 Å². The molecular formula is C10H16N4O2S2. The molecule has 6 nitrogen and oxygen atoms in total. The molecule has 0 bridgehead atoms. The van der Waals surface area contributed by atoms with Crippen molar-refractivity contribution in [1.29, 1.82) is 0 Å². The third kappa shape index (κ3) is 3.97. The second-order valence-corrected chi connectivity index (χ2v) is 6.18. The Kier molecular flexibility index (Phi) is 5.12. The lowest BCUT2D eigenvalue weighted by Crippen LogP contribution is -2.41. The van der Waals surface area contributed by atoms with Crippen LogP contribution in [0.1, 0.15) is 24.9 Å². The summed E-state index contributed by atoms with van der Waals surface area (Å²) in [5, 5.41) is -0.851. The SMILES string of the molecule is CCC(C(N)=S)S(=O)(=O)NCc1ccnc(C)n1. The second kappa shape index (κ2) is 6.17. The van der Waals surface area contributed by atoms with Crippen molar-refractivity contribution in [2.24, 2.45) is 5.73 Å². The highest BCUT2D eigenvalue weighted by Gasteiger charge is 2.25. The molecule has 1 heterocycles. The van der Waals surface area contributed by atoms with E-state index in [1.54, 1.807) is 26.1 Å². The number of nitrogens with zero attached hydrogens (tertiary/aromatic N) is 2. The van der Waals surface area contributed by atoms with Gasteiger partial charge in [-0.25, -0.2) is 23.1 Å². The summed E-state index contributed by atoms with van der Waals surface area (Å²) >= 11 is 4.75. The molecule has 3 N–H and O–H groups in total. The molecule has 0 fully saturated rings. The molecule has 0 aliphatic carbocycles. The van der Waals surface area contributed by atoms with E-state index in [0.29, 0.717) is 17.9 Å². The molecule has 100 valence electrons. The Labute approximate surface area is 112 Å². The smallest absolute Gasteiger partial charge is 0.221 e. The van der Waals surface area contributed by atoms with E-state index < -0.39 is 15.3 Å². The van der Waals surface area contributed by atoms with Crippen LogP contribution in [0.5, 0.6) is 0 Å². The van der Waals surface area contributed by atoms with Crippen molar-refractivity contribution in [2.75, 3.05) is 0 Å². The van der Waals surface area contributed by atoms with Crippen LogP contribution in [0, 0.1) is 6.92 Å². The topological polar surface area (TPSA) is 98.0 Å². The fourth-order valence-corrected chi connectivity index (χ4v) is 3.29. The molecule has 0 amide bonds. The zero-order valence-corrected chi connectivity index (χ0v) is 11.9. The molecule has 0 aliphatic heterocycles. The molecule has 1 unspecified atom stereocenters. The summed E-state index contributed by atoms with van der Waals surface area (Å²) in [5.74, 6) is 0.591. The van der Waals surface area contributed by atoms with Crippen molar-refractivity contribution in [3.05, 3.63) is 23.8 Å². The summed E-state index contributed by atoms with van der Waals surface area (Å²) in [5.41, 5.74) is 6.01. The minimum Gasteiger partial charge on any atom is -0.392 e. The average molecular weight is 288 g/mol. The second-order valence-electron chi connectivity index (χ2n) is 3.76. The van der Waals surface area contributed by atoms with E-state index in [4.69, 9.17) is 18.0 Å². The van der Waals surface area contributed by atoms with E-state index in [2.05, 4.69) is 14.7 Å². The maximum Gasteiger partial charge on any atom is 0.221 e. The van der Waals surface area contributed by atoms with Crippen molar-refractivity contribution in [3.8, 4) is 0 Å². The van der Waals surface area contributed by atoms with E-state index in [1.165, 1.54) is 0 Å². The van der Waals surface area contributed by atoms with Gasteiger partial charge in [-0.1, -0.05) is 19.1 Å². The van der Waals surface area contributed by atoms with Gasteiger partial charge in [-0.2, -0.15) is 0 Å². The zero-order valence-electron chi connectivity index (χ0n) is 10.3. The lowest BCUT2D eigenvalue weighted by molar-refractivity contribution is 0.573. The molecule has 0 radical (unpaired) electrons. The van der Waals surface area contributed by atoms with E-state index in [9.17, 15) is 8.42 Å². The van der Waals surface area contributed by atoms with Crippen molar-refractivity contribution in [2.45, 2.75) is 32.1 Å². The zero-order chi connectivity index (χ0) is 13.8. The summed E-state index contributed by atoms with van der Waals surface area (Å²) in [7, 11) is -3.56. The number of hydrogen-bond acceptors (Lipinski definition) is 5. The fourth-order valence-electron chi connectivity index (χ4n) is 1.45. The Morgan fingerprint density at radius 2 is 2.28 bits per heavy atom. The molecule has 1 rings (SSSR count). The molecule has 0 aliphatic rings. The fraction of sp³-hybridized carbons (Fsp3) is 0.500. The van der Waals surface area contributed by atoms with Crippen molar-refractivity contribution in [3.63, 3.8) is 0 Å². The van der Waals surface area contributed by atoms with Crippen LogP contribution in [0.3, 0.4) is 0 Å². The first-order valence-electron chi connectivity index (χ1n) is 5.43. The number of aryl methyl sites for hydroxylation is 1. The summed E-state index contributed by atoms with van der Waals surface area (Å²) in [6, 6.07) is 1.65. The number of rotatable bonds is 6. The highest BCUT2D eigenvalue weighted by Crippen LogP contribution is 2.06. The number of sulfonamides is 1. The number of nitrogens with two attached hydrogens (primary N) is 1. The number of aromatic nitrogens is 2. The summed E-state index contributed by atoms with van der Waals surface area (Å²) in [4.78, 5) is 8.01. The summed E-state index contributed by atoms with van der Waals surface area (Å²) in [6.45, 7) is 3.56. The number of thiocarbonyl (C=S) groups is 1. The minimum absolute atomic E-state index is 0.0242. The van der Waals surface area contributed by atoms with Gasteiger partial charge in [0.25, 0.3) is 0 Å². The Bertz CT molecular complexity index is 530. The monoisotopic (exact) mass is 288 g/mol. The van der Waals surface area contributed by atoms with Gasteiger partial charge in [0.15, 0.2) is 0 Å². The van der Waals surface area contributed by atoms with Crippen molar-refractivity contribution in [1.82, 2.24) is 14.7 Å². The lowest BCUT2D eigenvalue weighted by Gasteiger charge is -2.14. The van der Waals surface area contributed by atoms with E-state index >= 15 is 0 Å². The van der Waals surface area contributed by atoms with E-state index in [-0.39, 0.29) is 11.5 Å². The largest absolute Gasteiger partial charge is 0.392 e. The van der Waals surface area contributed by atoms with Crippen molar-refractivity contribution < 1.29 is 8.42 Å². The maximum absolute atomic E-state index is 11.9. The Balaban J connectivity index is 2.76. The van der Waals surface area contributed by atoms with Gasteiger partial charge in [0.2, 0.25) is 10.0 Å². The summed E-state index contributed by atoms with van der Waals surface area (Å²) < 4.78 is 26.3. The number of nitrogens with one attached hydrogen (secondary N) is 1. The molecule has 1 atom stereocenters. The van der Waals surface area contributed by atoms with Crippen LogP contribution in [0.15, 0.2) is 12.3 Å². The molecule has 0 saturated heterocycles. The van der Waals surface area contributed by atoms with Gasteiger partial charge in [-0.05, 0) is 19.4 Å². The highest BCUT2D eigenvalue weighted by molar-refractivity contribution is 7.93. The van der Waals surface area contributed by atoms with Crippen LogP contribution < -0.4 is 10.5 Å². The predicted molar refractivity (Wildman–Crippen MR) is 73.4 cm³/mol. The molecule has 1 aromatic heterocycles. The lowest BCUT2D eigenvalue weighted by atomic mass is 10.3. The Hall–Kier alpha value is -1.12. The summed E-state index contributed by atoms with van der Waals surface area (Å²) in [6.07, 6.45) is 1.92. The minimum atomic E-state index is -3.56. The molecule has 18 heavy (non-hydrogen) atoms. The third-order valence-electron chi connectivity index (χ3n) is 2.35. The highest BCUT2D eigenvalue weighted by atomic mass is 32.2. The normalized spacial score (nSPS) is 13.2. The van der Waals surface area contributed by atoms with Crippen LogP contribution in [-0.2, 0) is 16.6 Å². The van der Waals surface area contributed by atoms with Crippen LogP contribution in [-0.4, -0.2) is 28.6 Å². The standard InChI is InChI=1S/C10H16N4O2S2/c1-3-9(10(11)17)18(15,16)13-6-8-4-5-12-7(2)14-8/h4-5,9,13H,3,6H2,1-2H3,(H2,11,17). The molecule has 0 spiro atoms. The Morgan fingerprint density at radius 3 is 2.78 bits per heavy atom. The van der Waals surface area contributed by atoms with Crippen molar-refractivity contribution >= 4 is 27.2 Å². The third-order valence-corrected chi connectivity index (χ3v) is 4.67. The predicted octanol–water partition coefficient (Wildman–Crippen LogP) is 0.269. The molecular weight excluding hydrogens is 272 g/mol. The Morgan fingerprint density at radius 1 is 1.61 bits per heavy atom. The molecule has 1 aromatic rings. The maximum atomic E-state index is 11.9. The quantitative estimate of drug-likeness (QED) is 0.729. The average Bonchev–Trinajstić information content (AvgIpc) is 2.26. The molecule has 0 saturated carbocycles. The van der Waals surface area contributed by atoms with Crippen LogP contribution in [0.2, 0.25) is 0 Å². The van der Waals surface area contributed by atoms with Gasteiger partial charge in [0.1, 0.15) is 11.1 Å². The molecule has 0 aromatic carbocycles. The van der Waals surface area contributed by atoms with Gasteiger partial charge in [-0.15, -0.1) is 0 Å². The van der Waals surface area contributed by atoms with Gasteiger partial charge in [0, 0.05) is 6.20 Å². The van der Waals surface area contributed by atoms with Gasteiger partial charge in [-0.3, -0.25) is 0 Å². The van der Waals surface area contributed by atoms with Gasteiger partial charge < -0.3 is 5.73 Å². The first kappa shape index (κ1) is 14.9. The van der Waals surface area contributed by atoms with Crippen LogP contribution in [0.25, 0.3) is 0 Å². The molecule has 8 heteroatoms. The first-order chi connectivity index (χ1) is 8.36. The first-order valence-corrected chi connectivity index (χ1v) is 7.38. The van der Waals surface area contributed by atoms with Crippen LogP contribution in [0.4, 0.5) is 0 Å².